The highest BCUT2D eigenvalue weighted by atomic mass is 16.6. The van der Waals surface area contributed by atoms with Gasteiger partial charge in [0.15, 0.2) is 0 Å². The second-order valence-corrected chi connectivity index (χ2v) is 5.52. The van der Waals surface area contributed by atoms with Crippen LogP contribution in [-0.4, -0.2) is 24.0 Å². The number of ether oxygens (including phenoxy) is 1. The smallest absolute Gasteiger partial charge is 0.408 e. The molecule has 0 unspecified atom stereocenters. The fraction of sp³-hybridized carbons (Fsp3) is 0.467. The monoisotopic (exact) mass is 263 g/mol. The van der Waals surface area contributed by atoms with Crippen molar-refractivity contribution >= 4 is 12.4 Å². The van der Waals surface area contributed by atoms with Gasteiger partial charge in [-0.05, 0) is 45.2 Å². The van der Waals surface area contributed by atoms with Crippen LogP contribution in [0, 0.1) is 6.92 Å². The van der Waals surface area contributed by atoms with Crippen LogP contribution in [0.5, 0.6) is 0 Å². The van der Waals surface area contributed by atoms with Crippen molar-refractivity contribution in [2.75, 3.05) is 0 Å². The second-order valence-electron chi connectivity index (χ2n) is 5.52. The van der Waals surface area contributed by atoms with E-state index in [9.17, 15) is 9.59 Å². The van der Waals surface area contributed by atoms with E-state index in [0.29, 0.717) is 6.42 Å². The lowest BCUT2D eigenvalue weighted by molar-refractivity contribution is -0.109. The molecule has 19 heavy (non-hydrogen) atoms. The molecular formula is C15H21NO3. The summed E-state index contributed by atoms with van der Waals surface area (Å²) < 4.78 is 5.13. The van der Waals surface area contributed by atoms with Crippen molar-refractivity contribution in [2.45, 2.75) is 45.8 Å². The third-order valence-electron chi connectivity index (χ3n) is 2.57. The van der Waals surface area contributed by atoms with Crippen LogP contribution in [-0.2, 0) is 16.0 Å². The minimum absolute atomic E-state index is 0.468. The molecule has 0 fully saturated rings. The Hall–Kier alpha value is -1.84. The molecule has 1 rings (SSSR count). The predicted molar refractivity (Wildman–Crippen MR) is 74.1 cm³/mol. The summed E-state index contributed by atoms with van der Waals surface area (Å²) in [6, 6.07) is 7.21. The van der Waals surface area contributed by atoms with E-state index in [4.69, 9.17) is 4.74 Å². The van der Waals surface area contributed by atoms with E-state index in [0.717, 1.165) is 17.4 Å². The van der Waals surface area contributed by atoms with Crippen molar-refractivity contribution in [3.8, 4) is 0 Å². The number of hydrogen-bond donors (Lipinski definition) is 1. The summed E-state index contributed by atoms with van der Waals surface area (Å²) in [7, 11) is 0. The Morgan fingerprint density at radius 3 is 2.53 bits per heavy atom. The van der Waals surface area contributed by atoms with E-state index in [1.54, 1.807) is 20.8 Å². The van der Waals surface area contributed by atoms with Crippen molar-refractivity contribution in [2.24, 2.45) is 0 Å². The first-order valence-corrected chi connectivity index (χ1v) is 6.31. The van der Waals surface area contributed by atoms with E-state index in [1.807, 2.05) is 31.2 Å². The number of carbonyl (C=O) groups excluding carboxylic acids is 2. The molecule has 0 aromatic heterocycles. The summed E-state index contributed by atoms with van der Waals surface area (Å²) in [6.07, 6.45) is 0.629. The molecule has 0 aliphatic carbocycles. The Bertz CT molecular complexity index is 449. The zero-order valence-electron chi connectivity index (χ0n) is 11.9. The molecule has 4 heteroatoms. The topological polar surface area (TPSA) is 55.4 Å². The molecule has 0 aliphatic heterocycles. The molecule has 0 spiro atoms. The van der Waals surface area contributed by atoms with Gasteiger partial charge in [0.05, 0.1) is 6.04 Å². The normalized spacial score (nSPS) is 12.6. The maximum absolute atomic E-state index is 11.6. The first-order valence-electron chi connectivity index (χ1n) is 6.31. The van der Waals surface area contributed by atoms with Gasteiger partial charge in [-0.25, -0.2) is 4.79 Å². The highest BCUT2D eigenvalue weighted by Crippen LogP contribution is 2.10. The standard InChI is InChI=1S/C15H21NO3/c1-11-7-5-6-8-12(11)9-13(10-17)16-14(18)19-15(2,3)4/h5-8,10,13H,9H2,1-4H3,(H,16,18)/t13-/m0/s1. The number of aryl methyl sites for hydroxylation is 1. The molecule has 0 saturated heterocycles. The molecule has 1 aromatic carbocycles. The van der Waals surface area contributed by atoms with E-state index < -0.39 is 17.7 Å². The molecule has 1 aromatic rings. The van der Waals surface area contributed by atoms with Crippen molar-refractivity contribution in [1.29, 1.82) is 0 Å². The summed E-state index contributed by atoms with van der Waals surface area (Å²) >= 11 is 0. The molecular weight excluding hydrogens is 242 g/mol. The minimum atomic E-state index is -0.573. The minimum Gasteiger partial charge on any atom is -0.444 e. The van der Waals surface area contributed by atoms with E-state index in [2.05, 4.69) is 5.32 Å². The van der Waals surface area contributed by atoms with Crippen LogP contribution < -0.4 is 5.32 Å². The molecule has 0 heterocycles. The number of amides is 1. The Labute approximate surface area is 114 Å². The van der Waals surface area contributed by atoms with Crippen molar-refractivity contribution in [3.05, 3.63) is 35.4 Å². The number of aldehydes is 1. The Kier molecular flexibility index (Phi) is 5.10. The number of benzene rings is 1. The quantitative estimate of drug-likeness (QED) is 0.850. The lowest BCUT2D eigenvalue weighted by Gasteiger charge is -2.21. The van der Waals surface area contributed by atoms with Crippen LogP contribution in [0.4, 0.5) is 4.79 Å². The SMILES string of the molecule is Cc1ccccc1C[C@@H](C=O)NC(=O)OC(C)(C)C. The van der Waals surface area contributed by atoms with E-state index in [-0.39, 0.29) is 0 Å². The van der Waals surface area contributed by atoms with Gasteiger partial charge < -0.3 is 14.8 Å². The zero-order valence-corrected chi connectivity index (χ0v) is 11.9. The van der Waals surface area contributed by atoms with Gasteiger partial charge in [0.2, 0.25) is 0 Å². The molecule has 0 radical (unpaired) electrons. The fourth-order valence-corrected chi connectivity index (χ4v) is 1.67. The molecule has 0 aliphatic rings. The summed E-state index contributed by atoms with van der Waals surface area (Å²) in [5, 5.41) is 2.57. The van der Waals surface area contributed by atoms with Crippen molar-refractivity contribution in [1.82, 2.24) is 5.32 Å². The van der Waals surface area contributed by atoms with Gasteiger partial charge in [-0.1, -0.05) is 24.3 Å². The number of alkyl carbamates (subject to hydrolysis) is 1. The highest BCUT2D eigenvalue weighted by Gasteiger charge is 2.19. The number of nitrogens with one attached hydrogen (secondary N) is 1. The fourth-order valence-electron chi connectivity index (χ4n) is 1.67. The van der Waals surface area contributed by atoms with Gasteiger partial charge in [0.1, 0.15) is 11.9 Å². The van der Waals surface area contributed by atoms with Gasteiger partial charge in [0.25, 0.3) is 0 Å². The molecule has 104 valence electrons. The molecule has 0 bridgehead atoms. The van der Waals surface area contributed by atoms with E-state index >= 15 is 0 Å². The Morgan fingerprint density at radius 1 is 1.37 bits per heavy atom. The Balaban J connectivity index is 2.62. The van der Waals surface area contributed by atoms with Gasteiger partial charge in [-0.2, -0.15) is 0 Å². The van der Waals surface area contributed by atoms with Gasteiger partial charge in [0, 0.05) is 0 Å². The second kappa shape index (κ2) is 6.36. The number of hydrogen-bond acceptors (Lipinski definition) is 3. The zero-order chi connectivity index (χ0) is 14.5. The predicted octanol–water partition coefficient (Wildman–Crippen LogP) is 2.63. The van der Waals surface area contributed by atoms with Crippen LogP contribution in [0.1, 0.15) is 31.9 Å². The molecule has 0 saturated carbocycles. The first kappa shape index (κ1) is 15.2. The summed E-state index contributed by atoms with van der Waals surface area (Å²) in [5.74, 6) is 0. The van der Waals surface area contributed by atoms with Gasteiger partial charge >= 0.3 is 6.09 Å². The average Bonchev–Trinajstić information content (AvgIpc) is 2.28. The van der Waals surface area contributed by atoms with Crippen LogP contribution in [0.15, 0.2) is 24.3 Å². The maximum atomic E-state index is 11.6. The van der Waals surface area contributed by atoms with E-state index in [1.165, 1.54) is 0 Å². The highest BCUT2D eigenvalue weighted by molar-refractivity contribution is 5.73. The van der Waals surface area contributed by atoms with Crippen LogP contribution in [0.25, 0.3) is 0 Å². The summed E-state index contributed by atoms with van der Waals surface area (Å²) in [5.41, 5.74) is 1.57. The van der Waals surface area contributed by atoms with Crippen LogP contribution in [0.3, 0.4) is 0 Å². The number of rotatable bonds is 4. The lowest BCUT2D eigenvalue weighted by atomic mass is 10.0. The maximum Gasteiger partial charge on any atom is 0.408 e. The Morgan fingerprint density at radius 2 is 2.00 bits per heavy atom. The summed E-state index contributed by atoms with van der Waals surface area (Å²) in [6.45, 7) is 7.32. The van der Waals surface area contributed by atoms with Crippen LogP contribution >= 0.6 is 0 Å². The third-order valence-corrected chi connectivity index (χ3v) is 2.57. The van der Waals surface area contributed by atoms with Gasteiger partial charge in [-0.3, -0.25) is 0 Å². The largest absolute Gasteiger partial charge is 0.444 e. The molecule has 4 nitrogen and oxygen atoms in total. The van der Waals surface area contributed by atoms with Gasteiger partial charge in [-0.15, -0.1) is 0 Å². The lowest BCUT2D eigenvalue weighted by Crippen LogP contribution is -2.41. The molecule has 1 atom stereocenters. The molecule has 1 N–H and O–H groups in total. The van der Waals surface area contributed by atoms with Crippen LogP contribution in [0.2, 0.25) is 0 Å². The van der Waals surface area contributed by atoms with Crippen molar-refractivity contribution in [3.63, 3.8) is 0 Å². The third kappa shape index (κ3) is 5.55. The number of carbonyl (C=O) groups is 2. The average molecular weight is 263 g/mol. The van der Waals surface area contributed by atoms with Crippen molar-refractivity contribution < 1.29 is 14.3 Å². The molecule has 1 amide bonds. The first-order chi connectivity index (χ1) is 8.81. The summed E-state index contributed by atoms with van der Waals surface area (Å²) in [4.78, 5) is 22.7.